The summed E-state index contributed by atoms with van der Waals surface area (Å²) in [6.45, 7) is 1.59. The van der Waals surface area contributed by atoms with E-state index in [0.29, 0.717) is 49.9 Å². The van der Waals surface area contributed by atoms with Gasteiger partial charge in [-0.05, 0) is 60.2 Å². The number of piperazine rings is 1. The zero-order valence-electron chi connectivity index (χ0n) is 27.4. The number of hydrogen-bond donors (Lipinski definition) is 0. The van der Waals surface area contributed by atoms with E-state index < -0.39 is 22.8 Å². The minimum Gasteiger partial charge on any atom is -0.484 e. The lowest BCUT2D eigenvalue weighted by Crippen LogP contribution is -2.48. The number of aryl methyl sites for hydroxylation is 1. The van der Waals surface area contributed by atoms with Crippen LogP contribution in [0.1, 0.15) is 16.1 Å². The van der Waals surface area contributed by atoms with Crippen molar-refractivity contribution in [1.82, 2.24) is 19.4 Å². The Labute approximate surface area is 302 Å². The first-order valence-electron chi connectivity index (χ1n) is 15.7. The minimum atomic E-state index is -4.39. The van der Waals surface area contributed by atoms with Crippen molar-refractivity contribution in [2.75, 3.05) is 44.1 Å². The van der Waals surface area contributed by atoms with Gasteiger partial charge in [0.2, 0.25) is 5.88 Å². The molecule has 1 aliphatic heterocycles. The molecule has 1 amide bonds. The highest BCUT2D eigenvalue weighted by Crippen LogP contribution is 2.31. The highest BCUT2D eigenvalue weighted by Gasteiger charge is 2.29. The van der Waals surface area contributed by atoms with Gasteiger partial charge < -0.3 is 18.9 Å². The number of carbonyl (C=O) groups is 1. The molecule has 0 bridgehead atoms. The molecule has 0 N–H and O–H groups in total. The maximum absolute atomic E-state index is 13.6. The number of rotatable bonds is 10. The number of benzene rings is 3. The summed E-state index contributed by atoms with van der Waals surface area (Å²) in [5, 5.41) is 1.23. The summed E-state index contributed by atoms with van der Waals surface area (Å²) in [5.74, 6) is 0.784. The molecule has 1 fully saturated rings. The molecule has 3 aromatic carbocycles. The Bertz CT molecular complexity index is 2160. The van der Waals surface area contributed by atoms with Gasteiger partial charge in [-0.3, -0.25) is 14.0 Å². The van der Waals surface area contributed by atoms with Gasteiger partial charge >= 0.3 is 6.18 Å². The van der Waals surface area contributed by atoms with Crippen LogP contribution in [0.4, 0.5) is 18.9 Å². The summed E-state index contributed by atoms with van der Waals surface area (Å²) in [4.78, 5) is 21.8. The van der Waals surface area contributed by atoms with E-state index >= 15 is 0 Å². The molecule has 10 nitrogen and oxygen atoms in total. The summed E-state index contributed by atoms with van der Waals surface area (Å²) in [7, 11) is -0.704. The first-order chi connectivity index (χ1) is 24.2. The van der Waals surface area contributed by atoms with Gasteiger partial charge in [0, 0.05) is 64.3 Å². The first kappa shape index (κ1) is 36.3. The maximum Gasteiger partial charge on any atom is 0.422 e. The number of alkyl halides is 3. The Morgan fingerprint density at radius 1 is 0.902 bits per heavy atom. The summed E-state index contributed by atoms with van der Waals surface area (Å²) in [6, 6.07) is 21.0. The molecule has 2 aromatic heterocycles. The van der Waals surface area contributed by atoms with Crippen molar-refractivity contribution < 1.29 is 35.9 Å². The maximum atomic E-state index is 13.6. The van der Waals surface area contributed by atoms with Crippen LogP contribution in [0.2, 0.25) is 10.0 Å². The molecule has 3 heterocycles. The van der Waals surface area contributed by atoms with Gasteiger partial charge in [0.25, 0.3) is 15.9 Å². The van der Waals surface area contributed by atoms with E-state index in [4.69, 9.17) is 32.7 Å². The summed E-state index contributed by atoms with van der Waals surface area (Å²) in [6.07, 6.45) is -3.01. The molecule has 0 radical (unpaired) electrons. The Morgan fingerprint density at radius 2 is 1.61 bits per heavy atom. The van der Waals surface area contributed by atoms with E-state index in [2.05, 4.69) is 9.88 Å². The largest absolute Gasteiger partial charge is 0.484 e. The predicted molar refractivity (Wildman–Crippen MR) is 188 cm³/mol. The number of amides is 1. The molecule has 0 spiro atoms. The number of aromatic nitrogens is 2. The van der Waals surface area contributed by atoms with Crippen molar-refractivity contribution in [2.45, 2.75) is 17.6 Å². The standard InChI is InChI=1S/C35H32Cl2F3N5O5S/c1-42-31-18-27(50-33-12-6-25(20-41-33)43(2)51(47,48)28-10-11-29(36)30(37)19-28)9-5-24(31)17-32(42)34(46)45-15-13-44(14-16-45)21-23-3-7-26(8-4-23)49-22-35(38,39)40/h3-12,17-20H,13-16,21-22H2,1-2H3. The molecule has 1 aliphatic rings. The average molecular weight is 763 g/mol. The number of anilines is 1. The molecule has 268 valence electrons. The molecule has 5 aromatic rings. The van der Waals surface area contributed by atoms with E-state index in [1.807, 2.05) is 23.7 Å². The molecule has 6 rings (SSSR count). The number of carbonyl (C=O) groups excluding carboxylic acids is 1. The predicted octanol–water partition coefficient (Wildman–Crippen LogP) is 7.40. The lowest BCUT2D eigenvalue weighted by Gasteiger charge is -2.34. The van der Waals surface area contributed by atoms with Crippen LogP contribution in [0.3, 0.4) is 0 Å². The number of sulfonamides is 1. The Morgan fingerprint density at radius 3 is 2.25 bits per heavy atom. The monoisotopic (exact) mass is 761 g/mol. The van der Waals surface area contributed by atoms with Crippen molar-refractivity contribution in [2.24, 2.45) is 7.05 Å². The normalized spacial score (nSPS) is 14.1. The van der Waals surface area contributed by atoms with Crippen LogP contribution < -0.4 is 13.8 Å². The third-order valence-electron chi connectivity index (χ3n) is 8.48. The van der Waals surface area contributed by atoms with Crippen molar-refractivity contribution in [3.8, 4) is 17.4 Å². The summed E-state index contributed by atoms with van der Waals surface area (Å²) < 4.78 is 77.1. The summed E-state index contributed by atoms with van der Waals surface area (Å²) in [5.41, 5.74) is 2.55. The van der Waals surface area contributed by atoms with Gasteiger partial charge in [-0.25, -0.2) is 13.4 Å². The van der Waals surface area contributed by atoms with Crippen LogP contribution in [0.15, 0.2) is 90.0 Å². The number of halogens is 5. The second kappa shape index (κ2) is 14.6. The number of hydrogen-bond acceptors (Lipinski definition) is 7. The smallest absolute Gasteiger partial charge is 0.422 e. The van der Waals surface area contributed by atoms with Crippen LogP contribution >= 0.6 is 23.2 Å². The van der Waals surface area contributed by atoms with Crippen LogP contribution in [0.25, 0.3) is 10.9 Å². The Kier molecular flexibility index (Phi) is 10.4. The fourth-order valence-corrected chi connectivity index (χ4v) is 7.21. The molecule has 0 unspecified atom stereocenters. The zero-order chi connectivity index (χ0) is 36.5. The average Bonchev–Trinajstić information content (AvgIpc) is 3.44. The lowest BCUT2D eigenvalue weighted by molar-refractivity contribution is -0.153. The van der Waals surface area contributed by atoms with E-state index in [9.17, 15) is 26.4 Å². The second-order valence-corrected chi connectivity index (χ2v) is 14.7. The van der Waals surface area contributed by atoms with Crippen LogP contribution in [0, 0.1) is 0 Å². The number of nitrogens with zero attached hydrogens (tertiary/aromatic N) is 5. The molecule has 16 heteroatoms. The van der Waals surface area contributed by atoms with Crippen LogP contribution in [0.5, 0.6) is 17.4 Å². The number of ether oxygens (including phenoxy) is 2. The Hall–Kier alpha value is -4.50. The van der Waals surface area contributed by atoms with E-state index in [0.717, 1.165) is 20.8 Å². The van der Waals surface area contributed by atoms with Gasteiger partial charge in [-0.2, -0.15) is 13.2 Å². The van der Waals surface area contributed by atoms with Gasteiger partial charge in [0.1, 0.15) is 17.2 Å². The topological polar surface area (TPSA) is 97.2 Å². The Balaban J connectivity index is 1.06. The van der Waals surface area contributed by atoms with E-state index in [-0.39, 0.29) is 32.5 Å². The van der Waals surface area contributed by atoms with Crippen molar-refractivity contribution in [3.05, 3.63) is 106 Å². The van der Waals surface area contributed by atoms with E-state index in [1.54, 1.807) is 41.3 Å². The minimum absolute atomic E-state index is 0.0150. The van der Waals surface area contributed by atoms with Crippen LogP contribution in [-0.4, -0.2) is 79.7 Å². The van der Waals surface area contributed by atoms with Crippen LogP contribution in [-0.2, 0) is 23.6 Å². The van der Waals surface area contributed by atoms with Gasteiger partial charge in [-0.1, -0.05) is 35.3 Å². The van der Waals surface area contributed by atoms with Crippen molar-refractivity contribution in [1.29, 1.82) is 0 Å². The number of pyridine rings is 1. The fraction of sp³-hybridized carbons (Fsp3) is 0.257. The number of fused-ring (bicyclic) bond motifs is 1. The first-order valence-corrected chi connectivity index (χ1v) is 17.8. The molecule has 1 saturated heterocycles. The fourth-order valence-electron chi connectivity index (χ4n) is 5.64. The SMILES string of the molecule is CN(c1ccc(Oc2ccc3cc(C(=O)N4CCN(Cc5ccc(OCC(F)(F)F)cc5)CC4)n(C)c3c2)nc1)S(=O)(=O)c1ccc(Cl)c(Cl)c1. The lowest BCUT2D eigenvalue weighted by atomic mass is 10.2. The highest BCUT2D eigenvalue weighted by molar-refractivity contribution is 7.92. The van der Waals surface area contributed by atoms with Crippen molar-refractivity contribution in [3.63, 3.8) is 0 Å². The molecule has 0 aliphatic carbocycles. The molecular weight excluding hydrogens is 730 g/mol. The third-order valence-corrected chi connectivity index (χ3v) is 11.0. The molecule has 51 heavy (non-hydrogen) atoms. The summed E-state index contributed by atoms with van der Waals surface area (Å²) >= 11 is 12.0. The molecular formula is C35H32Cl2F3N5O5S. The second-order valence-electron chi connectivity index (χ2n) is 11.9. The molecule has 0 atom stereocenters. The highest BCUT2D eigenvalue weighted by atomic mass is 35.5. The van der Waals surface area contributed by atoms with Gasteiger partial charge in [-0.15, -0.1) is 0 Å². The zero-order valence-corrected chi connectivity index (χ0v) is 29.7. The molecule has 0 saturated carbocycles. The quantitative estimate of drug-likeness (QED) is 0.146. The van der Waals surface area contributed by atoms with E-state index in [1.165, 1.54) is 43.6 Å². The van der Waals surface area contributed by atoms with Crippen molar-refractivity contribution >= 4 is 55.7 Å². The van der Waals surface area contributed by atoms with Gasteiger partial charge in [0.15, 0.2) is 6.61 Å². The van der Waals surface area contributed by atoms with Gasteiger partial charge in [0.05, 0.1) is 32.3 Å². The third kappa shape index (κ3) is 8.36.